The average molecular weight is 450 g/mol. The Morgan fingerprint density at radius 1 is 1.15 bits per heavy atom. The van der Waals surface area contributed by atoms with Crippen molar-refractivity contribution in [2.45, 2.75) is 84.3 Å². The van der Waals surface area contributed by atoms with E-state index in [2.05, 4.69) is 25.0 Å². The highest BCUT2D eigenvalue weighted by Gasteiger charge is 2.67. The first-order valence-electron chi connectivity index (χ1n) is 13.4. The Labute approximate surface area is 197 Å². The lowest BCUT2D eigenvalue weighted by atomic mass is 9.34. The number of hydrogen-bond acceptors (Lipinski definition) is 4. The van der Waals surface area contributed by atoms with Gasteiger partial charge in [-0.15, -0.1) is 0 Å². The van der Waals surface area contributed by atoms with Crippen molar-refractivity contribution in [3.63, 3.8) is 0 Å². The van der Waals surface area contributed by atoms with Crippen LogP contribution in [0.5, 0.6) is 0 Å². The molecular formula is C28H39N3O2. The second kappa shape index (κ2) is 7.41. The molecule has 6 aliphatic carbocycles. The highest BCUT2D eigenvalue weighted by atomic mass is 16.3. The summed E-state index contributed by atoms with van der Waals surface area (Å²) in [6, 6.07) is 2.13. The van der Waals surface area contributed by atoms with Gasteiger partial charge in [-0.1, -0.05) is 13.8 Å². The zero-order chi connectivity index (χ0) is 23.1. The van der Waals surface area contributed by atoms with Crippen molar-refractivity contribution in [2.75, 3.05) is 0 Å². The van der Waals surface area contributed by atoms with Gasteiger partial charge in [0, 0.05) is 12.1 Å². The minimum Gasteiger partial charge on any atom is -0.390 e. The number of aromatic nitrogens is 2. The Hall–Kier alpha value is -1.67. The highest BCUT2D eigenvalue weighted by Crippen LogP contribution is 2.72. The third kappa shape index (κ3) is 3.19. The van der Waals surface area contributed by atoms with E-state index in [0.717, 1.165) is 36.5 Å². The van der Waals surface area contributed by atoms with Gasteiger partial charge in [-0.3, -0.25) is 9.48 Å². The van der Waals surface area contributed by atoms with E-state index >= 15 is 0 Å². The minimum atomic E-state index is -0.465. The second-order valence-electron chi connectivity index (χ2n) is 13.0. The van der Waals surface area contributed by atoms with Crippen LogP contribution in [-0.2, 0) is 11.3 Å². The number of carbonyl (C=O) groups is 1. The van der Waals surface area contributed by atoms with Crippen molar-refractivity contribution in [3.05, 3.63) is 18.0 Å². The summed E-state index contributed by atoms with van der Waals surface area (Å²) in [6.45, 7) is 7.22. The predicted octanol–water partition coefficient (Wildman–Crippen LogP) is 4.84. The van der Waals surface area contributed by atoms with Crippen LogP contribution in [0, 0.1) is 70.0 Å². The van der Waals surface area contributed by atoms with Crippen LogP contribution in [0.4, 0.5) is 0 Å². The molecular weight excluding hydrogens is 410 g/mol. The van der Waals surface area contributed by atoms with Gasteiger partial charge in [0.2, 0.25) is 0 Å². The van der Waals surface area contributed by atoms with Gasteiger partial charge in [0.25, 0.3) is 0 Å². The average Bonchev–Trinajstić information content (AvgIpc) is 3.23. The molecule has 11 atom stereocenters. The lowest BCUT2D eigenvalue weighted by Crippen LogP contribution is -2.66. The molecule has 6 saturated carbocycles. The molecule has 0 amide bonds. The van der Waals surface area contributed by atoms with Crippen molar-refractivity contribution < 1.29 is 9.90 Å². The van der Waals surface area contributed by atoms with Gasteiger partial charge in [-0.2, -0.15) is 10.4 Å². The van der Waals surface area contributed by atoms with Crippen LogP contribution < -0.4 is 0 Å². The zero-order valence-corrected chi connectivity index (χ0v) is 20.4. The summed E-state index contributed by atoms with van der Waals surface area (Å²) in [5.74, 6) is 6.12. The number of aliphatic hydroxyl groups is 1. The van der Waals surface area contributed by atoms with Gasteiger partial charge in [-0.25, -0.2) is 0 Å². The molecule has 0 aromatic carbocycles. The van der Waals surface area contributed by atoms with E-state index in [1.165, 1.54) is 38.5 Å². The van der Waals surface area contributed by atoms with E-state index in [1.54, 1.807) is 17.1 Å². The van der Waals surface area contributed by atoms with E-state index in [1.807, 2.05) is 6.92 Å². The van der Waals surface area contributed by atoms with Crippen molar-refractivity contribution in [2.24, 2.45) is 58.7 Å². The molecule has 5 heteroatoms. The number of Topliss-reactive ketones (excluding diaryl/α,β-unsaturated/α-hetero) is 1. The van der Waals surface area contributed by atoms with Crippen LogP contribution in [0.3, 0.4) is 0 Å². The smallest absolute Gasteiger partial charge is 0.158 e. The maximum atomic E-state index is 13.8. The zero-order valence-electron chi connectivity index (χ0n) is 20.4. The minimum absolute atomic E-state index is 0.108. The molecule has 5 nitrogen and oxygen atoms in total. The quantitative estimate of drug-likeness (QED) is 0.716. The predicted molar refractivity (Wildman–Crippen MR) is 125 cm³/mol. The van der Waals surface area contributed by atoms with Crippen LogP contribution in [0.15, 0.2) is 12.4 Å². The molecule has 0 saturated heterocycles. The normalized spacial score (nSPS) is 50.2. The lowest BCUT2D eigenvalue weighted by Gasteiger charge is -2.70. The van der Waals surface area contributed by atoms with E-state index < -0.39 is 5.60 Å². The molecule has 7 rings (SSSR count). The monoisotopic (exact) mass is 449 g/mol. The molecule has 1 unspecified atom stereocenters. The fourth-order valence-corrected chi connectivity index (χ4v) is 10.2. The van der Waals surface area contributed by atoms with Gasteiger partial charge < -0.3 is 5.11 Å². The van der Waals surface area contributed by atoms with Crippen LogP contribution in [0.25, 0.3) is 0 Å². The first-order chi connectivity index (χ1) is 15.7. The molecule has 33 heavy (non-hydrogen) atoms. The summed E-state index contributed by atoms with van der Waals surface area (Å²) in [6.07, 6.45) is 12.6. The molecule has 0 spiro atoms. The van der Waals surface area contributed by atoms with Gasteiger partial charge in [0.15, 0.2) is 5.78 Å². The summed E-state index contributed by atoms with van der Waals surface area (Å²) < 4.78 is 1.68. The van der Waals surface area contributed by atoms with Crippen molar-refractivity contribution in [1.82, 2.24) is 9.78 Å². The summed E-state index contributed by atoms with van der Waals surface area (Å²) in [5.41, 5.74) is 0.167. The molecule has 0 aliphatic heterocycles. The first kappa shape index (κ1) is 21.8. The molecule has 1 N–H and O–H groups in total. The fraction of sp³-hybridized carbons (Fsp3) is 0.821. The number of rotatable bonds is 3. The summed E-state index contributed by atoms with van der Waals surface area (Å²) in [4.78, 5) is 13.8. The molecule has 2 bridgehead atoms. The Kier molecular flexibility index (Phi) is 4.90. The Balaban J connectivity index is 1.27. The molecule has 1 heterocycles. The largest absolute Gasteiger partial charge is 0.390 e. The van der Waals surface area contributed by atoms with Crippen LogP contribution in [0.1, 0.15) is 77.7 Å². The van der Waals surface area contributed by atoms with Crippen molar-refractivity contribution >= 4 is 5.78 Å². The maximum Gasteiger partial charge on any atom is 0.158 e. The summed E-state index contributed by atoms with van der Waals surface area (Å²) in [7, 11) is 0. The molecule has 6 fully saturated rings. The number of carbonyl (C=O) groups excluding carboxylic acids is 1. The number of fused-ring (bicyclic) bond motifs is 3. The molecule has 0 radical (unpaired) electrons. The maximum absolute atomic E-state index is 13.8. The Morgan fingerprint density at radius 3 is 2.67 bits per heavy atom. The molecule has 1 aromatic heterocycles. The van der Waals surface area contributed by atoms with E-state index in [0.29, 0.717) is 41.6 Å². The van der Waals surface area contributed by atoms with Gasteiger partial charge in [0.05, 0.1) is 23.9 Å². The van der Waals surface area contributed by atoms with Gasteiger partial charge in [0.1, 0.15) is 6.07 Å². The van der Waals surface area contributed by atoms with Crippen LogP contribution in [-0.4, -0.2) is 26.3 Å². The van der Waals surface area contributed by atoms with E-state index in [-0.39, 0.29) is 11.3 Å². The summed E-state index contributed by atoms with van der Waals surface area (Å²) >= 11 is 0. The molecule has 1 aromatic rings. The van der Waals surface area contributed by atoms with E-state index in [4.69, 9.17) is 5.26 Å². The topological polar surface area (TPSA) is 78.9 Å². The van der Waals surface area contributed by atoms with Crippen LogP contribution >= 0.6 is 0 Å². The number of nitrogens with zero attached hydrogens (tertiary/aromatic N) is 3. The van der Waals surface area contributed by atoms with Gasteiger partial charge in [-0.05, 0) is 111 Å². The number of hydrogen-bond donors (Lipinski definition) is 1. The van der Waals surface area contributed by atoms with Crippen molar-refractivity contribution in [1.29, 1.82) is 5.26 Å². The first-order valence-corrected chi connectivity index (χ1v) is 13.4. The number of ketones is 1. The molecule has 6 aliphatic rings. The standard InChI is InChI=1S/C28H39N3O2/c1-16-22-10-23(16)26(24(32)15-31-14-17(12-29)13-30-31)28(3)9-7-20-19-6-8-27(2,33)11-18(19)4-5-21(20)25(22)28/h13-14,16,18-23,25-26,33H,4-11,15H2,1-3H3/t16-,18+,19-,20+,21+,22?,23+,25+,26-,27+,28-/m0/s1. The Bertz CT molecular complexity index is 992. The number of nitriles is 1. The van der Waals surface area contributed by atoms with Crippen LogP contribution in [0.2, 0.25) is 0 Å². The van der Waals surface area contributed by atoms with Gasteiger partial charge >= 0.3 is 0 Å². The fourth-order valence-electron chi connectivity index (χ4n) is 10.2. The second-order valence-corrected chi connectivity index (χ2v) is 13.0. The van der Waals surface area contributed by atoms with E-state index in [9.17, 15) is 9.90 Å². The van der Waals surface area contributed by atoms with Crippen molar-refractivity contribution in [3.8, 4) is 6.07 Å². The third-order valence-electron chi connectivity index (χ3n) is 11.5. The SMILES string of the molecule is C[C@H]1C2C[C@H]1[C@@H](C(=O)Cn1cc(C#N)cn1)[C@@]1(C)CC[C@H]3[C@@H](CC[C@@H]4C[C@](C)(O)CC[C@@H]43)[C@H]21. The molecule has 178 valence electrons. The Morgan fingerprint density at radius 2 is 1.94 bits per heavy atom. The lowest BCUT2D eigenvalue weighted by molar-refractivity contribution is -0.223. The highest BCUT2D eigenvalue weighted by molar-refractivity contribution is 5.82. The third-order valence-corrected chi connectivity index (χ3v) is 11.5. The summed E-state index contributed by atoms with van der Waals surface area (Å²) in [5, 5.41) is 24.1.